The SMILES string of the molecule is CC[C@@H](Cc1ccccc1)NC(=O)N1CC[C@](O)(C(F)(F)F)C1. The van der Waals surface area contributed by atoms with E-state index < -0.39 is 30.8 Å². The number of hydrogen-bond donors (Lipinski definition) is 2. The first kappa shape index (κ1) is 17.6. The predicted octanol–water partition coefficient (Wildman–Crippen LogP) is 2.72. The molecule has 1 fully saturated rings. The quantitative estimate of drug-likeness (QED) is 0.892. The Balaban J connectivity index is 1.93. The summed E-state index contributed by atoms with van der Waals surface area (Å²) in [7, 11) is 0. The predicted molar refractivity (Wildman–Crippen MR) is 80.0 cm³/mol. The van der Waals surface area contributed by atoms with Gasteiger partial charge in [-0.05, 0) is 18.4 Å². The summed E-state index contributed by atoms with van der Waals surface area (Å²) in [4.78, 5) is 13.2. The van der Waals surface area contributed by atoms with Gasteiger partial charge in [-0.15, -0.1) is 0 Å². The average Bonchev–Trinajstić information content (AvgIpc) is 2.91. The minimum absolute atomic E-state index is 0.108. The van der Waals surface area contributed by atoms with E-state index in [1.54, 1.807) is 0 Å². The van der Waals surface area contributed by atoms with Gasteiger partial charge in [0.2, 0.25) is 0 Å². The Morgan fingerprint density at radius 1 is 1.39 bits per heavy atom. The van der Waals surface area contributed by atoms with Crippen molar-refractivity contribution in [2.75, 3.05) is 13.1 Å². The molecule has 1 aliphatic rings. The summed E-state index contributed by atoms with van der Waals surface area (Å²) in [6, 6.07) is 8.84. The maximum atomic E-state index is 12.8. The van der Waals surface area contributed by atoms with Crippen molar-refractivity contribution in [1.82, 2.24) is 10.2 Å². The highest BCUT2D eigenvalue weighted by molar-refractivity contribution is 5.75. The van der Waals surface area contributed by atoms with Crippen LogP contribution in [-0.4, -0.2) is 46.9 Å². The summed E-state index contributed by atoms with van der Waals surface area (Å²) in [5.74, 6) is 0. The van der Waals surface area contributed by atoms with E-state index in [9.17, 15) is 23.1 Å². The van der Waals surface area contributed by atoms with Gasteiger partial charge in [-0.2, -0.15) is 13.2 Å². The lowest BCUT2D eigenvalue weighted by Gasteiger charge is -2.27. The van der Waals surface area contributed by atoms with Crippen LogP contribution in [0.15, 0.2) is 30.3 Å². The number of aliphatic hydroxyl groups is 1. The lowest BCUT2D eigenvalue weighted by molar-refractivity contribution is -0.253. The molecule has 2 rings (SSSR count). The van der Waals surface area contributed by atoms with E-state index in [2.05, 4.69) is 5.32 Å². The largest absolute Gasteiger partial charge is 0.419 e. The van der Waals surface area contributed by atoms with E-state index in [-0.39, 0.29) is 12.6 Å². The van der Waals surface area contributed by atoms with E-state index in [1.165, 1.54) is 0 Å². The van der Waals surface area contributed by atoms with Crippen LogP contribution in [0.2, 0.25) is 0 Å². The number of alkyl halides is 3. The molecule has 128 valence electrons. The van der Waals surface area contributed by atoms with E-state index in [0.717, 1.165) is 10.5 Å². The maximum absolute atomic E-state index is 12.8. The molecule has 1 aliphatic heterocycles. The number of nitrogens with one attached hydrogen (secondary N) is 1. The summed E-state index contributed by atoms with van der Waals surface area (Å²) in [5.41, 5.74) is -1.75. The molecule has 0 spiro atoms. The van der Waals surface area contributed by atoms with Crippen LogP contribution in [0.4, 0.5) is 18.0 Å². The van der Waals surface area contributed by atoms with Crippen LogP contribution < -0.4 is 5.32 Å². The molecule has 2 amide bonds. The van der Waals surface area contributed by atoms with Crippen molar-refractivity contribution in [3.63, 3.8) is 0 Å². The van der Waals surface area contributed by atoms with Crippen LogP contribution in [0.1, 0.15) is 25.3 Å². The molecule has 4 nitrogen and oxygen atoms in total. The molecule has 7 heteroatoms. The molecule has 0 aromatic heterocycles. The van der Waals surface area contributed by atoms with Crippen LogP contribution in [0.5, 0.6) is 0 Å². The summed E-state index contributed by atoms with van der Waals surface area (Å²) in [6.45, 7) is 1.08. The Kier molecular flexibility index (Phi) is 5.19. The van der Waals surface area contributed by atoms with E-state index in [4.69, 9.17) is 0 Å². The fraction of sp³-hybridized carbons (Fsp3) is 0.562. The Morgan fingerprint density at radius 3 is 2.57 bits per heavy atom. The number of β-amino-alcohol motifs (C(OH)–C–C–N with tert-alkyl or cyclic N) is 1. The zero-order valence-electron chi connectivity index (χ0n) is 12.9. The number of likely N-dealkylation sites (tertiary alicyclic amines) is 1. The summed E-state index contributed by atoms with van der Waals surface area (Å²) >= 11 is 0. The zero-order valence-corrected chi connectivity index (χ0v) is 12.9. The van der Waals surface area contributed by atoms with E-state index in [1.807, 2.05) is 37.3 Å². The van der Waals surface area contributed by atoms with Gasteiger partial charge >= 0.3 is 12.2 Å². The Bertz CT molecular complexity index is 536. The molecule has 1 aromatic rings. The topological polar surface area (TPSA) is 52.6 Å². The second-order valence-electron chi connectivity index (χ2n) is 5.95. The molecule has 1 aromatic carbocycles. The number of nitrogens with zero attached hydrogens (tertiary/aromatic N) is 1. The van der Waals surface area contributed by atoms with Gasteiger partial charge in [0.25, 0.3) is 0 Å². The molecular weight excluding hydrogens is 309 g/mol. The van der Waals surface area contributed by atoms with Crippen LogP contribution >= 0.6 is 0 Å². The molecule has 1 saturated heterocycles. The molecule has 0 radical (unpaired) electrons. The molecular formula is C16H21F3N2O2. The van der Waals surface area contributed by atoms with Crippen molar-refractivity contribution in [3.05, 3.63) is 35.9 Å². The van der Waals surface area contributed by atoms with Crippen molar-refractivity contribution in [2.45, 2.75) is 44.0 Å². The van der Waals surface area contributed by atoms with Crippen molar-refractivity contribution in [2.24, 2.45) is 0 Å². The number of benzene rings is 1. The monoisotopic (exact) mass is 330 g/mol. The van der Waals surface area contributed by atoms with Gasteiger partial charge < -0.3 is 15.3 Å². The van der Waals surface area contributed by atoms with Gasteiger partial charge in [0.1, 0.15) is 0 Å². The lowest BCUT2D eigenvalue weighted by Crippen LogP contribution is -2.50. The van der Waals surface area contributed by atoms with Gasteiger partial charge in [-0.25, -0.2) is 4.79 Å². The first-order valence-electron chi connectivity index (χ1n) is 7.63. The number of carbonyl (C=O) groups is 1. The molecule has 2 N–H and O–H groups in total. The third-order valence-electron chi connectivity index (χ3n) is 4.21. The van der Waals surface area contributed by atoms with Gasteiger partial charge in [-0.1, -0.05) is 37.3 Å². The highest BCUT2D eigenvalue weighted by Crippen LogP contribution is 2.37. The number of rotatable bonds is 4. The Morgan fingerprint density at radius 2 is 2.04 bits per heavy atom. The summed E-state index contributed by atoms with van der Waals surface area (Å²) in [6.07, 6.45) is -3.94. The van der Waals surface area contributed by atoms with Gasteiger partial charge in [0.05, 0.1) is 6.54 Å². The van der Waals surface area contributed by atoms with Crippen molar-refractivity contribution in [3.8, 4) is 0 Å². The number of amides is 2. The van der Waals surface area contributed by atoms with E-state index >= 15 is 0 Å². The normalized spacial score (nSPS) is 22.9. The number of urea groups is 1. The number of halogens is 3. The zero-order chi connectivity index (χ0) is 17.1. The van der Waals surface area contributed by atoms with Crippen LogP contribution in [0.25, 0.3) is 0 Å². The molecule has 23 heavy (non-hydrogen) atoms. The van der Waals surface area contributed by atoms with Crippen LogP contribution in [-0.2, 0) is 6.42 Å². The van der Waals surface area contributed by atoms with Crippen molar-refractivity contribution < 1.29 is 23.1 Å². The number of hydrogen-bond acceptors (Lipinski definition) is 2. The molecule has 0 aliphatic carbocycles. The molecule has 0 unspecified atom stereocenters. The van der Waals surface area contributed by atoms with Crippen LogP contribution in [0.3, 0.4) is 0 Å². The number of carbonyl (C=O) groups excluding carboxylic acids is 1. The summed E-state index contributed by atoms with van der Waals surface area (Å²) in [5, 5.41) is 12.4. The molecule has 1 heterocycles. The van der Waals surface area contributed by atoms with Crippen molar-refractivity contribution >= 4 is 6.03 Å². The minimum atomic E-state index is -4.73. The molecule has 2 atom stereocenters. The third-order valence-corrected chi connectivity index (χ3v) is 4.21. The van der Waals surface area contributed by atoms with Gasteiger partial charge in [0.15, 0.2) is 5.60 Å². The van der Waals surface area contributed by atoms with Crippen molar-refractivity contribution in [1.29, 1.82) is 0 Å². The smallest absolute Gasteiger partial charge is 0.379 e. The first-order valence-corrected chi connectivity index (χ1v) is 7.63. The third kappa shape index (κ3) is 4.16. The van der Waals surface area contributed by atoms with Crippen LogP contribution in [0, 0.1) is 0 Å². The highest BCUT2D eigenvalue weighted by Gasteiger charge is 2.57. The fourth-order valence-corrected chi connectivity index (χ4v) is 2.66. The van der Waals surface area contributed by atoms with Gasteiger partial charge in [-0.3, -0.25) is 0 Å². The molecule has 0 bridgehead atoms. The molecule has 0 saturated carbocycles. The standard InChI is InChI=1S/C16H21F3N2O2/c1-2-13(10-12-6-4-3-5-7-12)20-14(22)21-9-8-15(23,11-21)16(17,18)19/h3-7,13,23H,2,8-11H2,1H3,(H,20,22)/t13-,15+/m0/s1. The highest BCUT2D eigenvalue weighted by atomic mass is 19.4. The minimum Gasteiger partial charge on any atom is -0.379 e. The summed E-state index contributed by atoms with van der Waals surface area (Å²) < 4.78 is 38.4. The fourth-order valence-electron chi connectivity index (χ4n) is 2.66. The Labute approximate surface area is 133 Å². The first-order chi connectivity index (χ1) is 10.7. The second-order valence-corrected chi connectivity index (χ2v) is 5.95. The van der Waals surface area contributed by atoms with E-state index in [0.29, 0.717) is 12.8 Å². The van der Waals surface area contributed by atoms with Gasteiger partial charge in [0, 0.05) is 19.0 Å². The Hall–Kier alpha value is -1.76. The average molecular weight is 330 g/mol. The second kappa shape index (κ2) is 6.78. The lowest BCUT2D eigenvalue weighted by atomic mass is 10.0. The maximum Gasteiger partial charge on any atom is 0.419 e.